The Bertz CT molecular complexity index is 1590. The molecule has 0 bridgehead atoms. The van der Waals surface area contributed by atoms with Crippen molar-refractivity contribution >= 4 is 58.3 Å². The van der Waals surface area contributed by atoms with E-state index in [0.29, 0.717) is 39.0 Å². The molecule has 0 aliphatic carbocycles. The van der Waals surface area contributed by atoms with Crippen LogP contribution < -0.4 is 15.0 Å². The number of nitrogens with one attached hydrogen (secondary N) is 1. The summed E-state index contributed by atoms with van der Waals surface area (Å²) >= 11 is 11.2. The van der Waals surface area contributed by atoms with Crippen molar-refractivity contribution in [3.8, 4) is 11.5 Å². The molecule has 2 heterocycles. The van der Waals surface area contributed by atoms with Crippen LogP contribution in [0.5, 0.6) is 11.5 Å². The number of rotatable bonds is 6. The topological polar surface area (TPSA) is 80.6 Å². The second-order valence-corrected chi connectivity index (χ2v) is 9.29. The Hall–Kier alpha value is -4.53. The molecule has 188 valence electrons. The number of ether oxygens (including phenoxy) is 1. The van der Waals surface area contributed by atoms with Crippen molar-refractivity contribution in [2.45, 2.75) is 0 Å². The van der Waals surface area contributed by atoms with Gasteiger partial charge in [-0.25, -0.2) is 0 Å². The van der Waals surface area contributed by atoms with Crippen LogP contribution in [0, 0.1) is 0 Å². The molecule has 0 spiro atoms. The van der Waals surface area contributed by atoms with Crippen molar-refractivity contribution in [3.63, 3.8) is 0 Å². The summed E-state index contributed by atoms with van der Waals surface area (Å²) in [4.78, 5) is 40.3. The van der Waals surface area contributed by atoms with E-state index in [4.69, 9.17) is 28.6 Å². The molecule has 1 aliphatic heterocycles. The minimum atomic E-state index is -0.618. The Morgan fingerprint density at radius 3 is 2.26 bits per heavy atom. The Balaban J connectivity index is 1.40. The fraction of sp³-hybridized carbons (Fsp3) is 0.0345. The van der Waals surface area contributed by atoms with Crippen molar-refractivity contribution in [3.05, 3.63) is 119 Å². The molecule has 0 radical (unpaired) electrons. The zero-order valence-corrected chi connectivity index (χ0v) is 21.6. The molecule has 7 nitrogen and oxygen atoms in total. The van der Waals surface area contributed by atoms with Gasteiger partial charge in [-0.15, -0.1) is 0 Å². The second-order valence-electron chi connectivity index (χ2n) is 8.47. The molecule has 3 aromatic carbocycles. The van der Waals surface area contributed by atoms with Crippen LogP contribution in [-0.2, 0) is 16.6 Å². The number of halogens is 1. The minimum absolute atomic E-state index is 0.0284. The summed E-state index contributed by atoms with van der Waals surface area (Å²) in [5.41, 5.74) is 1.74. The number of hydrogen-bond acceptors (Lipinski definition) is 5. The highest BCUT2D eigenvalue weighted by atomic mass is 35.5. The molecule has 0 unspecified atom stereocenters. The third-order valence-corrected chi connectivity index (χ3v) is 6.42. The van der Waals surface area contributed by atoms with Gasteiger partial charge in [0.2, 0.25) is 0 Å². The highest BCUT2D eigenvalue weighted by Crippen LogP contribution is 2.27. The van der Waals surface area contributed by atoms with E-state index in [1.54, 1.807) is 72.4 Å². The number of benzene rings is 3. The number of carbonyl (C=O) groups excluding carboxylic acids is 3. The summed E-state index contributed by atoms with van der Waals surface area (Å²) in [6.45, 7) is 0. The number of carbonyl (C=O) groups is 3. The van der Waals surface area contributed by atoms with E-state index < -0.39 is 11.8 Å². The first-order valence-electron chi connectivity index (χ1n) is 11.5. The fourth-order valence-electron chi connectivity index (χ4n) is 3.94. The van der Waals surface area contributed by atoms with Crippen LogP contribution in [0.4, 0.5) is 5.69 Å². The van der Waals surface area contributed by atoms with E-state index in [1.165, 1.54) is 11.0 Å². The number of thiocarbonyl (C=S) groups is 1. The molecular weight excluding hydrogens is 522 g/mol. The molecule has 1 fully saturated rings. The van der Waals surface area contributed by atoms with Crippen molar-refractivity contribution in [2.24, 2.45) is 7.05 Å². The average Bonchev–Trinajstić information content (AvgIpc) is 3.28. The molecule has 5 rings (SSSR count). The van der Waals surface area contributed by atoms with Crippen LogP contribution in [0.3, 0.4) is 0 Å². The van der Waals surface area contributed by atoms with Crippen LogP contribution >= 0.6 is 23.8 Å². The largest absolute Gasteiger partial charge is 0.457 e. The van der Waals surface area contributed by atoms with E-state index >= 15 is 0 Å². The smallest absolute Gasteiger partial charge is 0.270 e. The zero-order valence-electron chi connectivity index (χ0n) is 20.1. The molecule has 1 N–H and O–H groups in total. The van der Waals surface area contributed by atoms with E-state index in [1.807, 2.05) is 30.3 Å². The number of ketones is 1. The Morgan fingerprint density at radius 2 is 1.58 bits per heavy atom. The molecule has 38 heavy (non-hydrogen) atoms. The first-order valence-corrected chi connectivity index (χ1v) is 12.3. The van der Waals surface area contributed by atoms with Crippen molar-refractivity contribution < 1.29 is 19.1 Å². The number of para-hydroxylation sites is 1. The third-order valence-electron chi connectivity index (χ3n) is 5.88. The molecule has 1 aromatic heterocycles. The number of aromatic nitrogens is 1. The van der Waals surface area contributed by atoms with Gasteiger partial charge in [-0.2, -0.15) is 0 Å². The molecule has 1 saturated heterocycles. The lowest BCUT2D eigenvalue weighted by atomic mass is 10.1. The predicted molar refractivity (Wildman–Crippen MR) is 149 cm³/mol. The van der Waals surface area contributed by atoms with E-state index in [2.05, 4.69) is 5.32 Å². The molecule has 1 aliphatic rings. The summed E-state index contributed by atoms with van der Waals surface area (Å²) in [6, 6.07) is 24.3. The van der Waals surface area contributed by atoms with Gasteiger partial charge in [0.05, 0.1) is 5.69 Å². The first-order chi connectivity index (χ1) is 18.3. The lowest BCUT2D eigenvalue weighted by Crippen LogP contribution is -2.54. The number of nitrogens with zero attached hydrogens (tertiary/aromatic N) is 2. The SMILES string of the molecule is Cn1cc(C(=O)c2ccc(Cl)cc2)cc1/C=C1\C(=O)NC(=S)N(c2ccc(Oc3ccccc3)cc2)C1=O. The van der Waals surface area contributed by atoms with Gasteiger partial charge in [0.1, 0.15) is 17.1 Å². The van der Waals surface area contributed by atoms with Gasteiger partial charge in [0, 0.05) is 35.1 Å². The number of amides is 2. The summed E-state index contributed by atoms with van der Waals surface area (Å²) in [7, 11) is 1.73. The maximum Gasteiger partial charge on any atom is 0.270 e. The Kier molecular flexibility index (Phi) is 6.91. The summed E-state index contributed by atoms with van der Waals surface area (Å²) in [6.07, 6.45) is 3.08. The van der Waals surface area contributed by atoms with Crippen molar-refractivity contribution in [1.82, 2.24) is 9.88 Å². The summed E-state index contributed by atoms with van der Waals surface area (Å²) < 4.78 is 7.48. The first kappa shape index (κ1) is 25.1. The number of anilines is 1. The van der Waals surface area contributed by atoms with Crippen LogP contribution in [-0.4, -0.2) is 27.3 Å². The monoisotopic (exact) mass is 541 g/mol. The van der Waals surface area contributed by atoms with Gasteiger partial charge in [0.15, 0.2) is 10.9 Å². The zero-order chi connectivity index (χ0) is 26.8. The van der Waals surface area contributed by atoms with Gasteiger partial charge in [0.25, 0.3) is 11.8 Å². The summed E-state index contributed by atoms with van der Waals surface area (Å²) in [5.74, 6) is -0.146. The lowest BCUT2D eigenvalue weighted by molar-refractivity contribution is -0.122. The van der Waals surface area contributed by atoms with Gasteiger partial charge < -0.3 is 9.30 Å². The van der Waals surface area contributed by atoms with E-state index in [-0.39, 0.29) is 16.5 Å². The molecular formula is C29H20ClN3O4S. The minimum Gasteiger partial charge on any atom is -0.457 e. The Labute approximate surface area is 228 Å². The predicted octanol–water partition coefficient (Wildman–Crippen LogP) is 5.53. The molecule has 4 aromatic rings. The van der Waals surface area contributed by atoms with Crippen LogP contribution in [0.25, 0.3) is 6.08 Å². The van der Waals surface area contributed by atoms with Crippen LogP contribution in [0.2, 0.25) is 5.02 Å². The van der Waals surface area contributed by atoms with Gasteiger partial charge in [-0.3, -0.25) is 24.6 Å². The fourth-order valence-corrected chi connectivity index (χ4v) is 4.35. The van der Waals surface area contributed by atoms with Gasteiger partial charge >= 0.3 is 0 Å². The third kappa shape index (κ3) is 5.13. The average molecular weight is 542 g/mol. The maximum absolute atomic E-state index is 13.4. The molecule has 0 saturated carbocycles. The van der Waals surface area contributed by atoms with Crippen molar-refractivity contribution in [2.75, 3.05) is 4.90 Å². The van der Waals surface area contributed by atoms with Gasteiger partial charge in [-0.05, 0) is 85.0 Å². The van der Waals surface area contributed by atoms with Gasteiger partial charge in [-0.1, -0.05) is 29.8 Å². The van der Waals surface area contributed by atoms with Crippen molar-refractivity contribution in [1.29, 1.82) is 0 Å². The molecule has 9 heteroatoms. The Morgan fingerprint density at radius 1 is 0.921 bits per heavy atom. The summed E-state index contributed by atoms with van der Waals surface area (Å²) in [5, 5.41) is 3.07. The molecule has 0 atom stereocenters. The maximum atomic E-state index is 13.4. The standard InChI is InChI=1S/C29H20ClN3O4S/c1-32-17-19(26(34)18-7-9-20(30)10-8-18)15-22(32)16-25-27(35)31-29(38)33(28(25)36)21-11-13-24(14-12-21)37-23-5-3-2-4-6-23/h2-17H,1H3,(H,31,35,38)/b25-16+. The highest BCUT2D eigenvalue weighted by molar-refractivity contribution is 7.80. The number of hydrogen-bond donors (Lipinski definition) is 1. The van der Waals surface area contributed by atoms with E-state index in [0.717, 1.165) is 0 Å². The second kappa shape index (κ2) is 10.5. The molecule has 2 amide bonds. The van der Waals surface area contributed by atoms with Crippen LogP contribution in [0.1, 0.15) is 21.6 Å². The quantitative estimate of drug-likeness (QED) is 0.150. The lowest BCUT2D eigenvalue weighted by Gasteiger charge is -2.29. The normalized spacial score (nSPS) is 14.5. The van der Waals surface area contributed by atoms with E-state index in [9.17, 15) is 14.4 Å². The van der Waals surface area contributed by atoms with Crippen LogP contribution in [0.15, 0.2) is 96.7 Å². The number of aryl methyl sites for hydroxylation is 1. The highest BCUT2D eigenvalue weighted by Gasteiger charge is 2.34.